The molecule has 0 aliphatic heterocycles. The van der Waals surface area contributed by atoms with Crippen molar-refractivity contribution in [2.75, 3.05) is 0 Å². The van der Waals surface area contributed by atoms with Gasteiger partial charge < -0.3 is 4.74 Å². The van der Waals surface area contributed by atoms with Crippen LogP contribution in [0.2, 0.25) is 0 Å². The molecular weight excluding hydrogens is 224 g/mol. The first-order valence-corrected chi connectivity index (χ1v) is 5.71. The van der Waals surface area contributed by atoms with Gasteiger partial charge >= 0.3 is 0 Å². The van der Waals surface area contributed by atoms with Gasteiger partial charge in [0.1, 0.15) is 11.5 Å². The number of ketones is 1. The van der Waals surface area contributed by atoms with Crippen molar-refractivity contribution < 1.29 is 9.53 Å². The van der Waals surface area contributed by atoms with Crippen LogP contribution in [0, 0.1) is 6.92 Å². The first kappa shape index (κ1) is 12.1. The van der Waals surface area contributed by atoms with E-state index in [9.17, 15) is 4.79 Å². The smallest absolute Gasteiger partial charge is 0.185 e. The van der Waals surface area contributed by atoms with Gasteiger partial charge in [0.05, 0.1) is 0 Å². The van der Waals surface area contributed by atoms with Gasteiger partial charge in [-0.25, -0.2) is 0 Å². The molecule has 0 bridgehead atoms. The van der Waals surface area contributed by atoms with Crippen molar-refractivity contribution in [3.63, 3.8) is 0 Å². The van der Waals surface area contributed by atoms with Crippen molar-refractivity contribution in [1.29, 1.82) is 0 Å². The summed E-state index contributed by atoms with van der Waals surface area (Å²) >= 11 is 0. The summed E-state index contributed by atoms with van der Waals surface area (Å²) in [6.07, 6.45) is 1.32. The van der Waals surface area contributed by atoms with Gasteiger partial charge in [0.25, 0.3) is 0 Å². The number of hydrogen-bond acceptors (Lipinski definition) is 2. The molecule has 0 aliphatic rings. The Hall–Kier alpha value is -2.35. The topological polar surface area (TPSA) is 26.3 Å². The average molecular weight is 238 g/mol. The fourth-order valence-corrected chi connectivity index (χ4v) is 1.71. The minimum Gasteiger partial charge on any atom is -0.457 e. The molecule has 0 atom stereocenters. The number of benzene rings is 2. The lowest BCUT2D eigenvalue weighted by Crippen LogP contribution is -1.97. The van der Waals surface area contributed by atoms with Crippen molar-refractivity contribution in [1.82, 2.24) is 0 Å². The summed E-state index contributed by atoms with van der Waals surface area (Å²) in [7, 11) is 0. The third-order valence-corrected chi connectivity index (χ3v) is 2.63. The molecule has 2 aromatic rings. The van der Waals surface area contributed by atoms with Gasteiger partial charge in [-0.1, -0.05) is 24.8 Å². The molecular formula is C16H14O2. The minimum absolute atomic E-state index is 0.0706. The van der Waals surface area contributed by atoms with Crippen LogP contribution >= 0.6 is 0 Å². The molecule has 18 heavy (non-hydrogen) atoms. The van der Waals surface area contributed by atoms with Crippen LogP contribution in [0.1, 0.15) is 15.9 Å². The normalized spacial score (nSPS) is 9.83. The third kappa shape index (κ3) is 2.66. The van der Waals surface area contributed by atoms with Crippen LogP contribution < -0.4 is 4.74 Å². The fraction of sp³-hybridized carbons (Fsp3) is 0.0625. The summed E-state index contributed by atoms with van der Waals surface area (Å²) in [5, 5.41) is 0. The van der Waals surface area contributed by atoms with E-state index in [4.69, 9.17) is 4.74 Å². The number of allylic oxidation sites excluding steroid dienone is 1. The molecule has 0 saturated heterocycles. The maximum atomic E-state index is 11.5. The number of hydrogen-bond donors (Lipinski definition) is 0. The predicted molar refractivity (Wildman–Crippen MR) is 72.2 cm³/mol. The lowest BCUT2D eigenvalue weighted by molar-refractivity contribution is 0.104. The van der Waals surface area contributed by atoms with Gasteiger partial charge in [-0.2, -0.15) is 0 Å². The molecule has 0 amide bonds. The quantitative estimate of drug-likeness (QED) is 0.590. The van der Waals surface area contributed by atoms with E-state index in [1.165, 1.54) is 6.08 Å². The summed E-state index contributed by atoms with van der Waals surface area (Å²) in [6, 6.07) is 14.9. The summed E-state index contributed by atoms with van der Waals surface area (Å²) < 4.78 is 5.69. The second-order valence-electron chi connectivity index (χ2n) is 3.96. The molecule has 0 aliphatic carbocycles. The molecule has 2 rings (SSSR count). The van der Waals surface area contributed by atoms with Crippen molar-refractivity contribution >= 4 is 5.78 Å². The predicted octanol–water partition coefficient (Wildman–Crippen LogP) is 4.16. The summed E-state index contributed by atoms with van der Waals surface area (Å²) in [6.45, 7) is 5.37. The number of ether oxygens (including phenoxy) is 1. The van der Waals surface area contributed by atoms with Crippen LogP contribution in [0.15, 0.2) is 61.2 Å². The Kier molecular flexibility index (Phi) is 3.58. The molecule has 0 N–H and O–H groups in total. The highest BCUT2D eigenvalue weighted by atomic mass is 16.5. The van der Waals surface area contributed by atoms with E-state index in [2.05, 4.69) is 6.58 Å². The molecule has 2 nitrogen and oxygen atoms in total. The highest BCUT2D eigenvalue weighted by Gasteiger charge is 2.06. The number of carbonyl (C=O) groups is 1. The summed E-state index contributed by atoms with van der Waals surface area (Å²) in [5.41, 5.74) is 1.54. The van der Waals surface area contributed by atoms with E-state index in [0.29, 0.717) is 5.56 Å². The maximum Gasteiger partial charge on any atom is 0.185 e. The Morgan fingerprint density at radius 3 is 2.44 bits per heavy atom. The van der Waals surface area contributed by atoms with E-state index in [1.54, 1.807) is 12.1 Å². The third-order valence-electron chi connectivity index (χ3n) is 2.63. The van der Waals surface area contributed by atoms with Gasteiger partial charge in [-0.3, -0.25) is 4.79 Å². The summed E-state index contributed by atoms with van der Waals surface area (Å²) in [4.78, 5) is 11.5. The second kappa shape index (κ2) is 5.32. The van der Waals surface area contributed by atoms with E-state index in [1.807, 2.05) is 43.3 Å². The monoisotopic (exact) mass is 238 g/mol. The molecule has 0 radical (unpaired) electrons. The van der Waals surface area contributed by atoms with E-state index < -0.39 is 0 Å². The van der Waals surface area contributed by atoms with Gasteiger partial charge in [0, 0.05) is 5.56 Å². The van der Waals surface area contributed by atoms with Gasteiger partial charge in [-0.05, 0) is 48.9 Å². The Morgan fingerprint density at radius 1 is 1.11 bits per heavy atom. The number of para-hydroxylation sites is 1. The van der Waals surface area contributed by atoms with E-state index in [0.717, 1.165) is 17.1 Å². The van der Waals surface area contributed by atoms with Crippen LogP contribution in [0.3, 0.4) is 0 Å². The van der Waals surface area contributed by atoms with Gasteiger partial charge in [0.2, 0.25) is 0 Å². The first-order valence-electron chi connectivity index (χ1n) is 5.71. The highest BCUT2D eigenvalue weighted by molar-refractivity contribution is 6.05. The van der Waals surface area contributed by atoms with Crippen LogP contribution in [0.5, 0.6) is 11.5 Å². The van der Waals surface area contributed by atoms with E-state index in [-0.39, 0.29) is 5.78 Å². The van der Waals surface area contributed by atoms with E-state index >= 15 is 0 Å². The number of rotatable bonds is 4. The SMILES string of the molecule is C=CC(=O)c1ccc(Oc2ccccc2)cc1C. The molecule has 0 heterocycles. The zero-order valence-electron chi connectivity index (χ0n) is 10.2. The molecule has 2 heteroatoms. The number of aryl methyl sites for hydroxylation is 1. The molecule has 0 fully saturated rings. The number of carbonyl (C=O) groups excluding carboxylic acids is 1. The molecule has 0 aromatic heterocycles. The lowest BCUT2D eigenvalue weighted by Gasteiger charge is -2.08. The Bertz CT molecular complexity index is 571. The van der Waals surface area contributed by atoms with Gasteiger partial charge in [0.15, 0.2) is 5.78 Å². The summed E-state index contributed by atoms with van der Waals surface area (Å²) in [5.74, 6) is 1.43. The van der Waals surface area contributed by atoms with Crippen LogP contribution in [0.4, 0.5) is 0 Å². The first-order chi connectivity index (χ1) is 8.70. The minimum atomic E-state index is -0.0706. The molecule has 0 unspecified atom stereocenters. The van der Waals surface area contributed by atoms with Crippen molar-refractivity contribution in [2.45, 2.75) is 6.92 Å². The molecule has 90 valence electrons. The van der Waals surface area contributed by atoms with Crippen molar-refractivity contribution in [2.24, 2.45) is 0 Å². The highest BCUT2D eigenvalue weighted by Crippen LogP contribution is 2.23. The fourth-order valence-electron chi connectivity index (χ4n) is 1.71. The Morgan fingerprint density at radius 2 is 1.83 bits per heavy atom. The molecule has 0 saturated carbocycles. The lowest BCUT2D eigenvalue weighted by atomic mass is 10.0. The van der Waals surface area contributed by atoms with Crippen molar-refractivity contribution in [3.05, 3.63) is 72.3 Å². The molecule has 2 aromatic carbocycles. The zero-order chi connectivity index (χ0) is 13.0. The van der Waals surface area contributed by atoms with Crippen LogP contribution in [-0.4, -0.2) is 5.78 Å². The Labute approximate surface area is 107 Å². The average Bonchev–Trinajstić information content (AvgIpc) is 2.39. The zero-order valence-corrected chi connectivity index (χ0v) is 10.2. The largest absolute Gasteiger partial charge is 0.457 e. The van der Waals surface area contributed by atoms with Gasteiger partial charge in [-0.15, -0.1) is 0 Å². The second-order valence-corrected chi connectivity index (χ2v) is 3.96. The standard InChI is InChI=1S/C16H14O2/c1-3-16(17)15-10-9-14(11-12(15)2)18-13-7-5-4-6-8-13/h3-11H,1H2,2H3. The molecule has 0 spiro atoms. The van der Waals surface area contributed by atoms with Crippen LogP contribution in [0.25, 0.3) is 0 Å². The van der Waals surface area contributed by atoms with Crippen LogP contribution in [-0.2, 0) is 0 Å². The maximum absolute atomic E-state index is 11.5. The Balaban J connectivity index is 2.24. The van der Waals surface area contributed by atoms with Crippen molar-refractivity contribution in [3.8, 4) is 11.5 Å².